The molecule has 2 N–H and O–H groups in total. The number of hydrogen-bond donors (Lipinski definition) is 2. The van der Waals surface area contributed by atoms with Gasteiger partial charge in [-0.1, -0.05) is 19.8 Å². The lowest BCUT2D eigenvalue weighted by Crippen LogP contribution is -2.35. The maximum atomic E-state index is 12.4. The van der Waals surface area contributed by atoms with Crippen LogP contribution in [0, 0.1) is 6.92 Å². The molecule has 19 heavy (non-hydrogen) atoms. The minimum atomic E-state index is -0.214. The summed E-state index contributed by atoms with van der Waals surface area (Å²) in [5.41, 5.74) is 0.936. The van der Waals surface area contributed by atoms with E-state index in [1.165, 1.54) is 12.3 Å². The third-order valence-electron chi connectivity index (χ3n) is 3.05. The van der Waals surface area contributed by atoms with Crippen molar-refractivity contribution in [1.82, 2.24) is 9.88 Å². The number of amides is 1. The van der Waals surface area contributed by atoms with Gasteiger partial charge >= 0.3 is 0 Å². The lowest BCUT2D eigenvalue weighted by Gasteiger charge is -2.22. The summed E-state index contributed by atoms with van der Waals surface area (Å²) in [6.07, 6.45) is 4.51. The van der Waals surface area contributed by atoms with Gasteiger partial charge in [-0.3, -0.25) is 9.59 Å². The largest absolute Gasteiger partial charge is 0.395 e. The van der Waals surface area contributed by atoms with Crippen molar-refractivity contribution in [1.29, 1.82) is 0 Å². The lowest BCUT2D eigenvalue weighted by molar-refractivity contribution is 0.0717. The second-order valence-electron chi connectivity index (χ2n) is 4.62. The van der Waals surface area contributed by atoms with Crippen molar-refractivity contribution in [3.05, 3.63) is 33.7 Å². The van der Waals surface area contributed by atoms with E-state index in [2.05, 4.69) is 11.9 Å². The first-order valence-electron chi connectivity index (χ1n) is 6.69. The number of pyridine rings is 1. The number of nitrogens with zero attached hydrogens (tertiary/aromatic N) is 1. The van der Waals surface area contributed by atoms with Gasteiger partial charge in [-0.15, -0.1) is 0 Å². The Kier molecular flexibility index (Phi) is 6.29. The zero-order valence-corrected chi connectivity index (χ0v) is 11.6. The van der Waals surface area contributed by atoms with Gasteiger partial charge in [0, 0.05) is 25.4 Å². The van der Waals surface area contributed by atoms with Gasteiger partial charge in [0.25, 0.3) is 5.91 Å². The minimum absolute atomic E-state index is 0.0553. The van der Waals surface area contributed by atoms with Crippen LogP contribution in [-0.4, -0.2) is 40.6 Å². The molecule has 0 saturated carbocycles. The molecule has 5 heteroatoms. The van der Waals surface area contributed by atoms with Crippen molar-refractivity contribution >= 4 is 5.91 Å². The highest BCUT2D eigenvalue weighted by Gasteiger charge is 2.17. The van der Waals surface area contributed by atoms with E-state index in [4.69, 9.17) is 5.11 Å². The zero-order chi connectivity index (χ0) is 14.3. The van der Waals surface area contributed by atoms with Crippen molar-refractivity contribution in [3.63, 3.8) is 0 Å². The fraction of sp³-hybridized carbons (Fsp3) is 0.571. The van der Waals surface area contributed by atoms with Gasteiger partial charge in [0.2, 0.25) is 5.56 Å². The molecule has 1 rings (SSSR count). The Labute approximate surface area is 113 Å². The number of H-pyrrole nitrogens is 1. The first-order valence-corrected chi connectivity index (χ1v) is 6.69. The van der Waals surface area contributed by atoms with E-state index >= 15 is 0 Å². The molecule has 1 aromatic heterocycles. The maximum Gasteiger partial charge on any atom is 0.255 e. The van der Waals surface area contributed by atoms with Gasteiger partial charge in [0.05, 0.1) is 12.2 Å². The highest BCUT2D eigenvalue weighted by atomic mass is 16.3. The topological polar surface area (TPSA) is 73.4 Å². The average molecular weight is 266 g/mol. The fourth-order valence-electron chi connectivity index (χ4n) is 1.96. The second kappa shape index (κ2) is 7.74. The highest BCUT2D eigenvalue weighted by Crippen LogP contribution is 2.09. The summed E-state index contributed by atoms with van der Waals surface area (Å²) in [4.78, 5) is 27.7. The molecule has 0 aliphatic rings. The van der Waals surface area contributed by atoms with Crippen LogP contribution < -0.4 is 5.56 Å². The van der Waals surface area contributed by atoms with E-state index in [1.54, 1.807) is 11.8 Å². The van der Waals surface area contributed by atoms with E-state index in [9.17, 15) is 9.59 Å². The molecule has 0 spiro atoms. The average Bonchev–Trinajstić information content (AvgIpc) is 2.37. The summed E-state index contributed by atoms with van der Waals surface area (Å²) >= 11 is 0. The normalized spacial score (nSPS) is 10.5. The van der Waals surface area contributed by atoms with Gasteiger partial charge < -0.3 is 15.0 Å². The Morgan fingerprint density at radius 3 is 2.68 bits per heavy atom. The monoisotopic (exact) mass is 266 g/mol. The molecule has 0 radical (unpaired) electrons. The Morgan fingerprint density at radius 1 is 1.37 bits per heavy atom. The summed E-state index contributed by atoms with van der Waals surface area (Å²) in [5, 5.41) is 9.05. The number of aryl methyl sites for hydroxylation is 1. The van der Waals surface area contributed by atoms with Crippen LogP contribution in [0.2, 0.25) is 0 Å². The second-order valence-corrected chi connectivity index (χ2v) is 4.62. The highest BCUT2D eigenvalue weighted by molar-refractivity contribution is 5.95. The Morgan fingerprint density at radius 2 is 2.11 bits per heavy atom. The minimum Gasteiger partial charge on any atom is -0.395 e. The van der Waals surface area contributed by atoms with E-state index < -0.39 is 0 Å². The summed E-state index contributed by atoms with van der Waals surface area (Å²) in [6, 6.07) is 1.41. The standard InChI is InChI=1S/C14H22N2O3/c1-3-4-5-6-16(7-8-17)14(19)12-10-15-13(18)9-11(12)2/h9-10,17H,3-8H2,1-2H3,(H,15,18). The molecular weight excluding hydrogens is 244 g/mol. The third-order valence-corrected chi connectivity index (χ3v) is 3.05. The number of aliphatic hydroxyl groups is 1. The Hall–Kier alpha value is -1.62. The van der Waals surface area contributed by atoms with Gasteiger partial charge in [-0.25, -0.2) is 0 Å². The summed E-state index contributed by atoms with van der Waals surface area (Å²) in [5.74, 6) is -0.140. The van der Waals surface area contributed by atoms with Gasteiger partial charge in [-0.2, -0.15) is 0 Å². The molecule has 0 atom stereocenters. The first-order chi connectivity index (χ1) is 9.10. The van der Waals surface area contributed by atoms with Gasteiger partial charge in [-0.05, 0) is 18.9 Å². The summed E-state index contributed by atoms with van der Waals surface area (Å²) < 4.78 is 0. The molecule has 106 valence electrons. The smallest absolute Gasteiger partial charge is 0.255 e. The summed E-state index contributed by atoms with van der Waals surface area (Å²) in [7, 11) is 0. The lowest BCUT2D eigenvalue weighted by atomic mass is 10.1. The number of unbranched alkanes of at least 4 members (excludes halogenated alkanes) is 2. The number of aromatic nitrogens is 1. The van der Waals surface area contributed by atoms with Crippen LogP contribution >= 0.6 is 0 Å². The van der Waals surface area contributed by atoms with Crippen LogP contribution in [0.4, 0.5) is 0 Å². The maximum absolute atomic E-state index is 12.4. The molecule has 0 aromatic carbocycles. The van der Waals surface area contributed by atoms with Crippen molar-refractivity contribution in [2.45, 2.75) is 33.1 Å². The van der Waals surface area contributed by atoms with E-state index in [0.717, 1.165) is 19.3 Å². The Balaban J connectivity index is 2.82. The number of rotatable bonds is 7. The number of nitrogens with one attached hydrogen (secondary N) is 1. The number of carbonyl (C=O) groups is 1. The van der Waals surface area contributed by atoms with E-state index in [0.29, 0.717) is 24.2 Å². The molecule has 0 aliphatic heterocycles. The quantitative estimate of drug-likeness (QED) is 0.731. The molecule has 0 saturated heterocycles. The van der Waals surface area contributed by atoms with Gasteiger partial charge in [0.15, 0.2) is 0 Å². The van der Waals surface area contributed by atoms with E-state index in [-0.39, 0.29) is 18.1 Å². The molecule has 0 bridgehead atoms. The van der Waals surface area contributed by atoms with E-state index in [1.807, 2.05) is 0 Å². The molecule has 1 amide bonds. The SMILES string of the molecule is CCCCCN(CCO)C(=O)c1c[nH]c(=O)cc1C. The van der Waals surface area contributed by atoms with Crippen molar-refractivity contribution in [2.24, 2.45) is 0 Å². The van der Waals surface area contributed by atoms with Crippen molar-refractivity contribution in [3.8, 4) is 0 Å². The fourth-order valence-corrected chi connectivity index (χ4v) is 1.96. The number of aromatic amines is 1. The van der Waals surface area contributed by atoms with Crippen LogP contribution in [-0.2, 0) is 0 Å². The number of hydrogen-bond acceptors (Lipinski definition) is 3. The van der Waals surface area contributed by atoms with Gasteiger partial charge in [0.1, 0.15) is 0 Å². The zero-order valence-electron chi connectivity index (χ0n) is 11.6. The first kappa shape index (κ1) is 15.4. The third kappa shape index (κ3) is 4.52. The molecule has 0 fully saturated rings. The van der Waals surface area contributed by atoms with Crippen molar-refractivity contribution in [2.75, 3.05) is 19.7 Å². The van der Waals surface area contributed by atoms with Crippen LogP contribution in [0.15, 0.2) is 17.1 Å². The molecule has 5 nitrogen and oxygen atoms in total. The van der Waals surface area contributed by atoms with Crippen molar-refractivity contribution < 1.29 is 9.90 Å². The van der Waals surface area contributed by atoms with Crippen LogP contribution in [0.3, 0.4) is 0 Å². The molecular formula is C14H22N2O3. The van der Waals surface area contributed by atoms with Crippen LogP contribution in [0.1, 0.15) is 42.1 Å². The molecule has 0 unspecified atom stereocenters. The Bertz CT molecular complexity index is 468. The molecule has 1 heterocycles. The predicted octanol–water partition coefficient (Wildman–Crippen LogP) is 1.31. The van der Waals surface area contributed by atoms with Crippen LogP contribution in [0.25, 0.3) is 0 Å². The molecule has 1 aromatic rings. The predicted molar refractivity (Wildman–Crippen MR) is 74.3 cm³/mol. The van der Waals surface area contributed by atoms with Crippen LogP contribution in [0.5, 0.6) is 0 Å². The molecule has 0 aliphatic carbocycles. The number of carbonyl (C=O) groups excluding carboxylic acids is 1. The summed E-state index contributed by atoms with van der Waals surface area (Å²) in [6.45, 7) is 4.74. The number of aliphatic hydroxyl groups excluding tert-OH is 1.